The van der Waals surface area contributed by atoms with Gasteiger partial charge in [0.25, 0.3) is 0 Å². The molecule has 9 heteroatoms. The van der Waals surface area contributed by atoms with E-state index in [2.05, 4.69) is 20.0 Å². The summed E-state index contributed by atoms with van der Waals surface area (Å²) in [5.41, 5.74) is 5.70. The van der Waals surface area contributed by atoms with E-state index in [0.717, 1.165) is 17.1 Å². The zero-order valence-corrected chi connectivity index (χ0v) is 11.6. The molecule has 1 heterocycles. The molecule has 110 valence electrons. The van der Waals surface area contributed by atoms with Crippen molar-refractivity contribution in [2.45, 2.75) is 6.10 Å². The molecule has 0 radical (unpaired) electrons. The summed E-state index contributed by atoms with van der Waals surface area (Å²) >= 11 is 1.03. The van der Waals surface area contributed by atoms with Gasteiger partial charge in [-0.15, -0.1) is 0 Å². The molecule has 1 unspecified atom stereocenters. The van der Waals surface area contributed by atoms with Crippen LogP contribution in [0.15, 0.2) is 30.3 Å². The van der Waals surface area contributed by atoms with Gasteiger partial charge >= 0.3 is 6.03 Å². The Morgan fingerprint density at radius 3 is 2.71 bits per heavy atom. The highest BCUT2D eigenvalue weighted by atomic mass is 32.1. The Labute approximate surface area is 124 Å². The van der Waals surface area contributed by atoms with Gasteiger partial charge in [0.15, 0.2) is 5.82 Å². The number of carbonyl (C=O) groups excluding carboxylic acids is 2. The zero-order chi connectivity index (χ0) is 15.2. The lowest BCUT2D eigenvalue weighted by atomic mass is 10.2. The maximum Gasteiger partial charge on any atom is 0.321 e. The van der Waals surface area contributed by atoms with E-state index in [-0.39, 0.29) is 6.54 Å². The van der Waals surface area contributed by atoms with Gasteiger partial charge in [-0.2, -0.15) is 9.36 Å². The number of nitrogens with zero attached hydrogens (tertiary/aromatic N) is 2. The molecule has 0 aliphatic carbocycles. The lowest BCUT2D eigenvalue weighted by Crippen LogP contribution is -2.41. The Balaban J connectivity index is 1.91. The van der Waals surface area contributed by atoms with E-state index in [9.17, 15) is 9.59 Å². The first-order valence-electron chi connectivity index (χ1n) is 5.97. The standard InChI is InChI=1S/C12H13N5O3S/c13-9(19)8(18)6-14-11(20)16-12-15-10(17-21-12)7-4-2-1-3-5-7/h1-5,8,18H,6H2,(H2,13,19)(H2,14,15,16,17,20). The van der Waals surface area contributed by atoms with Crippen molar-refractivity contribution in [3.8, 4) is 11.4 Å². The Kier molecular flexibility index (Phi) is 4.80. The third-order valence-electron chi connectivity index (χ3n) is 2.46. The van der Waals surface area contributed by atoms with Crippen molar-refractivity contribution in [3.05, 3.63) is 30.3 Å². The number of hydrogen-bond acceptors (Lipinski definition) is 6. The summed E-state index contributed by atoms with van der Waals surface area (Å²) in [5, 5.41) is 14.2. The Bertz CT molecular complexity index is 631. The number of urea groups is 1. The van der Waals surface area contributed by atoms with E-state index in [4.69, 9.17) is 10.8 Å². The third kappa shape index (κ3) is 4.23. The quantitative estimate of drug-likeness (QED) is 0.625. The minimum atomic E-state index is -1.43. The van der Waals surface area contributed by atoms with Gasteiger partial charge in [-0.1, -0.05) is 30.3 Å². The number of aromatic nitrogens is 2. The van der Waals surface area contributed by atoms with Crippen LogP contribution in [0.2, 0.25) is 0 Å². The topological polar surface area (TPSA) is 130 Å². The molecule has 0 fully saturated rings. The van der Waals surface area contributed by atoms with Crippen LogP contribution in [-0.4, -0.2) is 39.1 Å². The van der Waals surface area contributed by atoms with E-state index < -0.39 is 18.0 Å². The van der Waals surface area contributed by atoms with E-state index in [1.54, 1.807) is 0 Å². The normalized spacial score (nSPS) is 11.7. The van der Waals surface area contributed by atoms with Crippen molar-refractivity contribution in [1.29, 1.82) is 0 Å². The van der Waals surface area contributed by atoms with Crippen LogP contribution in [0.25, 0.3) is 11.4 Å². The summed E-state index contributed by atoms with van der Waals surface area (Å²) in [4.78, 5) is 26.3. The molecule has 1 aromatic carbocycles. The van der Waals surface area contributed by atoms with Gasteiger partial charge in [-0.05, 0) is 0 Å². The minimum absolute atomic E-state index is 0.272. The van der Waals surface area contributed by atoms with Gasteiger partial charge in [0.1, 0.15) is 6.10 Å². The van der Waals surface area contributed by atoms with Gasteiger partial charge in [-0.25, -0.2) is 4.79 Å². The van der Waals surface area contributed by atoms with Gasteiger partial charge in [0, 0.05) is 17.1 Å². The fourth-order valence-electron chi connectivity index (χ4n) is 1.41. The number of carbonyl (C=O) groups is 2. The molecule has 1 atom stereocenters. The molecule has 8 nitrogen and oxygen atoms in total. The predicted molar refractivity (Wildman–Crippen MR) is 77.6 cm³/mol. The van der Waals surface area contributed by atoms with Crippen molar-refractivity contribution in [2.75, 3.05) is 11.9 Å². The second kappa shape index (κ2) is 6.77. The van der Waals surface area contributed by atoms with Gasteiger partial charge in [0.05, 0.1) is 6.54 Å². The molecule has 2 rings (SSSR count). The number of primary amides is 1. The number of benzene rings is 1. The molecular formula is C12H13N5O3S. The van der Waals surface area contributed by atoms with Gasteiger partial charge in [0.2, 0.25) is 11.0 Å². The van der Waals surface area contributed by atoms with E-state index >= 15 is 0 Å². The molecule has 5 N–H and O–H groups in total. The monoisotopic (exact) mass is 307 g/mol. The number of hydrogen-bond donors (Lipinski definition) is 4. The highest BCUT2D eigenvalue weighted by Gasteiger charge is 2.13. The largest absolute Gasteiger partial charge is 0.381 e. The first-order valence-corrected chi connectivity index (χ1v) is 6.75. The lowest BCUT2D eigenvalue weighted by Gasteiger charge is -2.07. The van der Waals surface area contributed by atoms with Crippen molar-refractivity contribution in [3.63, 3.8) is 0 Å². The molecule has 2 aromatic rings. The number of anilines is 1. The molecule has 0 spiro atoms. The van der Waals surface area contributed by atoms with Crippen LogP contribution < -0.4 is 16.4 Å². The Morgan fingerprint density at radius 1 is 1.33 bits per heavy atom. The Morgan fingerprint density at radius 2 is 2.05 bits per heavy atom. The number of nitrogens with two attached hydrogens (primary N) is 1. The molecule has 0 saturated carbocycles. The van der Waals surface area contributed by atoms with Gasteiger partial charge < -0.3 is 16.2 Å². The number of nitrogens with one attached hydrogen (secondary N) is 2. The molecular weight excluding hydrogens is 294 g/mol. The van der Waals surface area contributed by atoms with E-state index in [1.165, 1.54) is 0 Å². The predicted octanol–water partition coefficient (Wildman–Crippen LogP) is 0.173. The molecule has 0 aliphatic rings. The first kappa shape index (κ1) is 14.9. The number of rotatable bonds is 5. The fourth-order valence-corrected chi connectivity index (χ4v) is 1.99. The van der Waals surface area contributed by atoms with Crippen LogP contribution in [-0.2, 0) is 4.79 Å². The number of aliphatic hydroxyl groups is 1. The second-order valence-corrected chi connectivity index (χ2v) is 4.79. The van der Waals surface area contributed by atoms with Crippen LogP contribution in [0.5, 0.6) is 0 Å². The SMILES string of the molecule is NC(=O)C(O)CNC(=O)Nc1nc(-c2ccccc2)ns1. The van der Waals surface area contributed by atoms with Crippen molar-refractivity contribution < 1.29 is 14.7 Å². The van der Waals surface area contributed by atoms with Gasteiger partial charge in [-0.3, -0.25) is 10.1 Å². The number of amides is 3. The van der Waals surface area contributed by atoms with E-state index in [1.807, 2.05) is 30.3 Å². The summed E-state index contributed by atoms with van der Waals surface area (Å²) in [6, 6.07) is 8.71. The zero-order valence-electron chi connectivity index (χ0n) is 10.8. The maximum atomic E-state index is 11.5. The third-order valence-corrected chi connectivity index (χ3v) is 3.09. The highest BCUT2D eigenvalue weighted by molar-refractivity contribution is 7.10. The highest BCUT2D eigenvalue weighted by Crippen LogP contribution is 2.20. The first-order chi connectivity index (χ1) is 10.1. The van der Waals surface area contributed by atoms with Crippen molar-refractivity contribution in [1.82, 2.24) is 14.7 Å². The van der Waals surface area contributed by atoms with Crippen molar-refractivity contribution >= 4 is 28.6 Å². The summed E-state index contributed by atoms with van der Waals surface area (Å²) in [6.45, 7) is -0.272. The molecule has 0 bridgehead atoms. The molecule has 1 aromatic heterocycles. The summed E-state index contributed by atoms with van der Waals surface area (Å²) in [6.07, 6.45) is -1.43. The minimum Gasteiger partial charge on any atom is -0.381 e. The number of aliphatic hydroxyl groups excluding tert-OH is 1. The summed E-state index contributed by atoms with van der Waals surface area (Å²) in [7, 11) is 0. The van der Waals surface area contributed by atoms with E-state index in [0.29, 0.717) is 11.0 Å². The molecule has 21 heavy (non-hydrogen) atoms. The smallest absolute Gasteiger partial charge is 0.321 e. The second-order valence-electron chi connectivity index (χ2n) is 4.04. The maximum absolute atomic E-state index is 11.5. The van der Waals surface area contributed by atoms with Crippen LogP contribution >= 0.6 is 11.5 Å². The Hall–Kier alpha value is -2.52. The molecule has 0 saturated heterocycles. The summed E-state index contributed by atoms with van der Waals surface area (Å²) in [5.74, 6) is -0.398. The van der Waals surface area contributed by atoms with Crippen LogP contribution in [0.3, 0.4) is 0 Å². The lowest BCUT2D eigenvalue weighted by molar-refractivity contribution is -0.125. The van der Waals surface area contributed by atoms with Crippen LogP contribution in [0.1, 0.15) is 0 Å². The van der Waals surface area contributed by atoms with Crippen molar-refractivity contribution in [2.24, 2.45) is 5.73 Å². The van der Waals surface area contributed by atoms with Crippen LogP contribution in [0, 0.1) is 0 Å². The fraction of sp³-hybridized carbons (Fsp3) is 0.167. The molecule has 3 amide bonds. The molecule has 0 aliphatic heterocycles. The average molecular weight is 307 g/mol. The average Bonchev–Trinajstić information content (AvgIpc) is 2.94. The summed E-state index contributed by atoms with van der Waals surface area (Å²) < 4.78 is 4.13. The van der Waals surface area contributed by atoms with Crippen LogP contribution in [0.4, 0.5) is 9.93 Å².